The van der Waals surface area contributed by atoms with Crippen LogP contribution in [0.3, 0.4) is 0 Å². The Bertz CT molecular complexity index is 605. The van der Waals surface area contributed by atoms with Crippen molar-refractivity contribution < 1.29 is 14.6 Å². The maximum absolute atomic E-state index is 11.8. The molecular formula is C21H32N2O3. The first-order valence-electron chi connectivity index (χ1n) is 10.1. The third kappa shape index (κ3) is 3.98. The van der Waals surface area contributed by atoms with Gasteiger partial charge < -0.3 is 19.6 Å². The van der Waals surface area contributed by atoms with Gasteiger partial charge in [0.15, 0.2) is 0 Å². The van der Waals surface area contributed by atoms with Gasteiger partial charge in [0.1, 0.15) is 0 Å². The van der Waals surface area contributed by atoms with Crippen molar-refractivity contribution in [3.63, 3.8) is 0 Å². The molecule has 2 fully saturated rings. The molecule has 26 heavy (non-hydrogen) atoms. The predicted molar refractivity (Wildman–Crippen MR) is 103 cm³/mol. The standard InChI is InChI=1S/C21H32N2O3/c1-3-6-19-17(15-24)7-5-8-20(19)23-13-18(14-23)16-9-11-22(12-10-16)21(25)26-4-2/h5,7-8,16,18,24H,3-4,6,9-15H2,1-2H3. The molecule has 0 bridgehead atoms. The number of likely N-dealkylation sites (tertiary alicyclic amines) is 1. The highest BCUT2D eigenvalue weighted by Crippen LogP contribution is 2.37. The number of aliphatic hydroxyl groups excluding tert-OH is 1. The van der Waals surface area contributed by atoms with Gasteiger partial charge >= 0.3 is 6.09 Å². The van der Waals surface area contributed by atoms with Gasteiger partial charge in [0.05, 0.1) is 13.2 Å². The van der Waals surface area contributed by atoms with E-state index in [1.807, 2.05) is 17.9 Å². The molecule has 0 aromatic heterocycles. The highest BCUT2D eigenvalue weighted by atomic mass is 16.6. The molecule has 144 valence electrons. The van der Waals surface area contributed by atoms with Gasteiger partial charge in [-0.15, -0.1) is 0 Å². The van der Waals surface area contributed by atoms with Crippen molar-refractivity contribution in [1.29, 1.82) is 0 Å². The van der Waals surface area contributed by atoms with E-state index in [0.717, 1.165) is 57.4 Å². The fourth-order valence-electron chi connectivity index (χ4n) is 4.38. The first kappa shape index (κ1) is 19.0. The number of hydrogen-bond donors (Lipinski definition) is 1. The number of amides is 1. The van der Waals surface area contributed by atoms with Crippen LogP contribution in [0.1, 0.15) is 44.2 Å². The predicted octanol–water partition coefficient (Wildman–Crippen LogP) is 3.44. The molecule has 1 N–H and O–H groups in total. The minimum absolute atomic E-state index is 0.118. The molecule has 0 spiro atoms. The molecule has 5 heteroatoms. The van der Waals surface area contributed by atoms with Crippen LogP contribution in [0.15, 0.2) is 18.2 Å². The van der Waals surface area contributed by atoms with E-state index in [9.17, 15) is 9.90 Å². The largest absolute Gasteiger partial charge is 0.450 e. The van der Waals surface area contributed by atoms with Crippen LogP contribution in [0.25, 0.3) is 0 Å². The maximum atomic E-state index is 11.8. The second-order valence-corrected chi connectivity index (χ2v) is 7.51. The lowest BCUT2D eigenvalue weighted by atomic mass is 9.79. The molecule has 3 rings (SSSR count). The molecule has 0 unspecified atom stereocenters. The van der Waals surface area contributed by atoms with Gasteiger partial charge in [0.25, 0.3) is 0 Å². The van der Waals surface area contributed by atoms with E-state index in [0.29, 0.717) is 18.4 Å². The minimum Gasteiger partial charge on any atom is -0.450 e. The van der Waals surface area contributed by atoms with Gasteiger partial charge in [-0.2, -0.15) is 0 Å². The Morgan fingerprint density at radius 2 is 1.92 bits per heavy atom. The minimum atomic E-state index is -0.161. The first-order chi connectivity index (χ1) is 12.7. The summed E-state index contributed by atoms with van der Waals surface area (Å²) in [5.74, 6) is 1.42. The lowest BCUT2D eigenvalue weighted by Gasteiger charge is -2.47. The van der Waals surface area contributed by atoms with Gasteiger partial charge in [0.2, 0.25) is 0 Å². The van der Waals surface area contributed by atoms with Gasteiger partial charge in [-0.3, -0.25) is 0 Å². The van der Waals surface area contributed by atoms with Crippen molar-refractivity contribution in [1.82, 2.24) is 4.90 Å². The number of nitrogens with zero attached hydrogens (tertiary/aromatic N) is 2. The summed E-state index contributed by atoms with van der Waals surface area (Å²) in [6.45, 7) is 8.43. The van der Waals surface area contributed by atoms with Gasteiger partial charge in [-0.1, -0.05) is 25.5 Å². The van der Waals surface area contributed by atoms with Crippen molar-refractivity contribution >= 4 is 11.8 Å². The fraction of sp³-hybridized carbons (Fsp3) is 0.667. The van der Waals surface area contributed by atoms with Crippen LogP contribution in [-0.4, -0.2) is 48.9 Å². The van der Waals surface area contributed by atoms with E-state index in [1.54, 1.807) is 0 Å². The summed E-state index contributed by atoms with van der Waals surface area (Å²) < 4.78 is 5.11. The number of anilines is 1. The second-order valence-electron chi connectivity index (χ2n) is 7.51. The van der Waals surface area contributed by atoms with Gasteiger partial charge in [0, 0.05) is 31.9 Å². The molecule has 2 aliphatic heterocycles. The fourth-order valence-corrected chi connectivity index (χ4v) is 4.38. The lowest BCUT2D eigenvalue weighted by Crippen LogP contribution is -2.53. The summed E-state index contributed by atoms with van der Waals surface area (Å²) in [6.07, 6.45) is 4.11. The number of hydrogen-bond acceptors (Lipinski definition) is 4. The summed E-state index contributed by atoms with van der Waals surface area (Å²) in [5, 5.41) is 9.64. The number of piperidine rings is 1. The molecule has 2 heterocycles. The molecule has 2 aliphatic rings. The second kappa shape index (κ2) is 8.76. The van der Waals surface area contributed by atoms with Crippen molar-refractivity contribution in [2.24, 2.45) is 11.8 Å². The van der Waals surface area contributed by atoms with Gasteiger partial charge in [-0.25, -0.2) is 4.79 Å². The Kier molecular flexibility index (Phi) is 6.41. The van der Waals surface area contributed by atoms with Crippen molar-refractivity contribution in [2.45, 2.75) is 46.1 Å². The monoisotopic (exact) mass is 360 g/mol. The summed E-state index contributed by atoms with van der Waals surface area (Å²) in [4.78, 5) is 16.1. The molecule has 0 radical (unpaired) electrons. The SMILES string of the molecule is CCCc1c(CO)cccc1N1CC(C2CCN(C(=O)OCC)CC2)C1. The normalized spacial score (nSPS) is 18.7. The highest BCUT2D eigenvalue weighted by molar-refractivity contribution is 5.67. The number of benzene rings is 1. The van der Waals surface area contributed by atoms with Crippen molar-refractivity contribution in [3.05, 3.63) is 29.3 Å². The average molecular weight is 360 g/mol. The molecule has 0 saturated carbocycles. The molecule has 2 saturated heterocycles. The highest BCUT2D eigenvalue weighted by Gasteiger charge is 2.37. The number of carbonyl (C=O) groups is 1. The smallest absolute Gasteiger partial charge is 0.409 e. The quantitative estimate of drug-likeness (QED) is 0.844. The van der Waals surface area contributed by atoms with E-state index >= 15 is 0 Å². The molecular weight excluding hydrogens is 328 g/mol. The Balaban J connectivity index is 1.55. The van der Waals surface area contributed by atoms with Crippen LogP contribution in [0, 0.1) is 11.8 Å². The number of aliphatic hydroxyl groups is 1. The lowest BCUT2D eigenvalue weighted by molar-refractivity contribution is 0.0808. The topological polar surface area (TPSA) is 53.0 Å². The maximum Gasteiger partial charge on any atom is 0.409 e. The average Bonchev–Trinajstić information content (AvgIpc) is 2.62. The van der Waals surface area contributed by atoms with E-state index in [4.69, 9.17) is 4.74 Å². The molecule has 5 nitrogen and oxygen atoms in total. The summed E-state index contributed by atoms with van der Waals surface area (Å²) in [5.41, 5.74) is 3.68. The zero-order valence-electron chi connectivity index (χ0n) is 16.1. The van der Waals surface area contributed by atoms with Gasteiger partial charge in [-0.05, 0) is 55.2 Å². The summed E-state index contributed by atoms with van der Waals surface area (Å²) in [7, 11) is 0. The van der Waals surface area contributed by atoms with Crippen LogP contribution in [0.4, 0.5) is 10.5 Å². The molecule has 0 aliphatic carbocycles. The van der Waals surface area contributed by atoms with E-state index < -0.39 is 0 Å². The first-order valence-corrected chi connectivity index (χ1v) is 10.1. The number of rotatable bonds is 6. The van der Waals surface area contributed by atoms with E-state index in [2.05, 4.69) is 24.0 Å². The number of ether oxygens (including phenoxy) is 1. The Morgan fingerprint density at radius 1 is 1.19 bits per heavy atom. The number of carbonyl (C=O) groups excluding carboxylic acids is 1. The summed E-state index contributed by atoms with van der Waals surface area (Å²) >= 11 is 0. The summed E-state index contributed by atoms with van der Waals surface area (Å²) in [6, 6.07) is 6.30. The third-order valence-corrected chi connectivity index (χ3v) is 5.90. The molecule has 1 aromatic rings. The van der Waals surface area contributed by atoms with Crippen LogP contribution in [0.2, 0.25) is 0 Å². The third-order valence-electron chi connectivity index (χ3n) is 5.90. The molecule has 0 atom stereocenters. The van der Waals surface area contributed by atoms with E-state index in [1.165, 1.54) is 11.3 Å². The van der Waals surface area contributed by atoms with Crippen LogP contribution < -0.4 is 4.90 Å². The molecule has 1 aromatic carbocycles. The Labute approximate surface area is 156 Å². The Hall–Kier alpha value is -1.75. The van der Waals surface area contributed by atoms with Crippen LogP contribution in [-0.2, 0) is 17.8 Å². The van der Waals surface area contributed by atoms with Crippen molar-refractivity contribution in [2.75, 3.05) is 37.7 Å². The molecule has 1 amide bonds. The van der Waals surface area contributed by atoms with E-state index in [-0.39, 0.29) is 12.7 Å². The zero-order chi connectivity index (χ0) is 18.5. The van der Waals surface area contributed by atoms with Crippen LogP contribution in [0.5, 0.6) is 0 Å². The Morgan fingerprint density at radius 3 is 2.54 bits per heavy atom. The van der Waals surface area contributed by atoms with Crippen molar-refractivity contribution in [3.8, 4) is 0 Å². The van der Waals surface area contributed by atoms with Crippen LogP contribution >= 0.6 is 0 Å². The zero-order valence-corrected chi connectivity index (χ0v) is 16.1.